The summed E-state index contributed by atoms with van der Waals surface area (Å²) in [4.78, 5) is 28.0. The molecule has 136 valence electrons. The number of carbonyl (C=O) groups is 2. The number of imidazole rings is 1. The number of halogens is 3. The summed E-state index contributed by atoms with van der Waals surface area (Å²) in [6.45, 7) is 2.14. The second-order valence-electron chi connectivity index (χ2n) is 5.80. The molecule has 5 nitrogen and oxygen atoms in total. The highest BCUT2D eigenvalue weighted by Gasteiger charge is 2.40. The maximum Gasteiger partial charge on any atom is 0.455 e. The first kappa shape index (κ1) is 18.1. The lowest BCUT2D eigenvalue weighted by Gasteiger charge is -2.14. The molecule has 1 N–H and O–H groups in total. The molecule has 0 bridgehead atoms. The summed E-state index contributed by atoms with van der Waals surface area (Å²) < 4.78 is 39.4. The van der Waals surface area contributed by atoms with E-state index < -0.39 is 22.7 Å². The number of rotatable bonds is 4. The molecule has 0 fully saturated rings. The number of nitrogens with zero attached hydrogens (tertiary/aromatic N) is 2. The summed E-state index contributed by atoms with van der Waals surface area (Å²) in [6, 6.07) is 7.92. The fourth-order valence-electron chi connectivity index (χ4n) is 2.62. The molecule has 0 aromatic carbocycles. The van der Waals surface area contributed by atoms with Crippen LogP contribution in [0.25, 0.3) is 5.65 Å². The molecule has 26 heavy (non-hydrogen) atoms. The van der Waals surface area contributed by atoms with Crippen molar-refractivity contribution in [1.29, 1.82) is 0 Å². The predicted molar refractivity (Wildman–Crippen MR) is 89.2 cm³/mol. The van der Waals surface area contributed by atoms with Gasteiger partial charge in [0.1, 0.15) is 5.69 Å². The Morgan fingerprint density at radius 2 is 1.88 bits per heavy atom. The van der Waals surface area contributed by atoms with Crippen LogP contribution in [0.1, 0.15) is 30.7 Å². The number of alkyl halides is 3. The number of thiophene rings is 1. The van der Waals surface area contributed by atoms with Gasteiger partial charge in [0.25, 0.3) is 17.3 Å². The monoisotopic (exact) mass is 382 g/mol. The van der Waals surface area contributed by atoms with E-state index in [1.54, 1.807) is 7.05 Å². The minimum absolute atomic E-state index is 0.0857. The molecular weight excluding hydrogens is 367 g/mol. The Bertz CT molecular complexity index is 991. The third-order valence-electron chi connectivity index (χ3n) is 3.93. The molecular formula is C17H15F3N3O2S+. The average Bonchev–Trinajstić information content (AvgIpc) is 3.18. The summed E-state index contributed by atoms with van der Waals surface area (Å²) in [5.74, 6) is -2.38. The van der Waals surface area contributed by atoms with E-state index in [0.29, 0.717) is 11.3 Å². The topological polar surface area (TPSA) is 57.3 Å². The van der Waals surface area contributed by atoms with E-state index in [9.17, 15) is 22.8 Å². The third-order valence-corrected chi connectivity index (χ3v) is 5.00. The van der Waals surface area contributed by atoms with Crippen LogP contribution in [0.3, 0.4) is 0 Å². The minimum Gasteiger partial charge on any atom is -0.333 e. The summed E-state index contributed by atoms with van der Waals surface area (Å²) in [5, 5.41) is 0. The van der Waals surface area contributed by atoms with Gasteiger partial charge in [-0.3, -0.25) is 9.59 Å². The van der Waals surface area contributed by atoms with Crippen LogP contribution in [-0.2, 0) is 6.54 Å². The number of carbonyl (C=O) groups excluding carboxylic acids is 2. The van der Waals surface area contributed by atoms with Crippen LogP contribution in [0.15, 0.2) is 36.5 Å². The van der Waals surface area contributed by atoms with Gasteiger partial charge in [0.15, 0.2) is 5.69 Å². The molecule has 1 amide bonds. The molecule has 9 heteroatoms. The lowest BCUT2D eigenvalue weighted by atomic mass is 10.3. The third kappa shape index (κ3) is 3.34. The van der Waals surface area contributed by atoms with Crippen molar-refractivity contribution >= 4 is 28.7 Å². The smallest absolute Gasteiger partial charge is 0.333 e. The van der Waals surface area contributed by atoms with Crippen molar-refractivity contribution in [3.8, 4) is 0 Å². The van der Waals surface area contributed by atoms with Crippen LogP contribution in [0.4, 0.5) is 13.2 Å². The van der Waals surface area contributed by atoms with Gasteiger partial charge in [-0.1, -0.05) is 6.07 Å². The Morgan fingerprint density at radius 1 is 1.19 bits per heavy atom. The SMILES string of the molecule is Cc1[nH]c2cccc[n+]2c1CN(C)C(=O)c1ccc(C(=O)C(F)(F)F)s1. The van der Waals surface area contributed by atoms with Gasteiger partial charge in [-0.05, 0) is 18.2 Å². The second kappa shape index (κ2) is 6.56. The lowest BCUT2D eigenvalue weighted by Crippen LogP contribution is -2.32. The lowest BCUT2D eigenvalue weighted by molar-refractivity contribution is -0.521. The van der Waals surface area contributed by atoms with Crippen molar-refractivity contribution < 1.29 is 27.2 Å². The van der Waals surface area contributed by atoms with E-state index in [-0.39, 0.29) is 11.4 Å². The van der Waals surface area contributed by atoms with Crippen molar-refractivity contribution in [3.05, 3.63) is 57.7 Å². The molecule has 3 heterocycles. The zero-order valence-corrected chi connectivity index (χ0v) is 14.7. The summed E-state index contributed by atoms with van der Waals surface area (Å²) >= 11 is 0.549. The van der Waals surface area contributed by atoms with Gasteiger partial charge >= 0.3 is 6.18 Å². The molecule has 0 radical (unpaired) electrons. The highest BCUT2D eigenvalue weighted by Crippen LogP contribution is 2.27. The standard InChI is InChI=1S/C17H14F3N3O2S/c1-10-11(23-8-4-3-5-14(23)21-10)9-22(2)16(25)13-7-6-12(26-13)15(24)17(18,19)20/h3-8H,9H2,1-2H3/p+1. The first-order valence-corrected chi connectivity index (χ1v) is 8.45. The number of aryl methyl sites for hydroxylation is 1. The van der Waals surface area contributed by atoms with Gasteiger partial charge in [-0.15, -0.1) is 11.3 Å². The first-order chi connectivity index (χ1) is 12.2. The molecule has 0 saturated heterocycles. The largest absolute Gasteiger partial charge is 0.455 e. The number of pyridine rings is 1. The van der Waals surface area contributed by atoms with Gasteiger partial charge in [0, 0.05) is 20.0 Å². The number of hydrogen-bond donors (Lipinski definition) is 1. The van der Waals surface area contributed by atoms with Crippen molar-refractivity contribution in [3.63, 3.8) is 0 Å². The van der Waals surface area contributed by atoms with Crippen LogP contribution < -0.4 is 4.40 Å². The molecule has 0 saturated carbocycles. The molecule has 0 aliphatic carbocycles. The van der Waals surface area contributed by atoms with Crippen LogP contribution in [0.2, 0.25) is 0 Å². The van der Waals surface area contributed by atoms with E-state index in [1.807, 2.05) is 35.7 Å². The van der Waals surface area contributed by atoms with Crippen LogP contribution >= 0.6 is 11.3 Å². The number of hydrogen-bond acceptors (Lipinski definition) is 3. The summed E-state index contributed by atoms with van der Waals surface area (Å²) in [6.07, 6.45) is -3.09. The van der Waals surface area contributed by atoms with E-state index >= 15 is 0 Å². The maximum atomic E-state index is 12.5. The summed E-state index contributed by atoms with van der Waals surface area (Å²) in [5.41, 5.74) is 2.62. The minimum atomic E-state index is -4.95. The highest BCUT2D eigenvalue weighted by atomic mass is 32.1. The number of H-pyrrole nitrogens is 1. The molecule has 3 aromatic rings. The number of aromatic nitrogens is 2. The quantitative estimate of drug-likeness (QED) is 0.557. The first-order valence-electron chi connectivity index (χ1n) is 7.63. The zero-order chi connectivity index (χ0) is 19.1. The van der Waals surface area contributed by atoms with Crippen LogP contribution in [-0.4, -0.2) is 34.8 Å². The zero-order valence-electron chi connectivity index (χ0n) is 13.9. The van der Waals surface area contributed by atoms with Crippen LogP contribution in [0.5, 0.6) is 0 Å². The number of ketones is 1. The van der Waals surface area contributed by atoms with E-state index in [4.69, 9.17) is 0 Å². The number of fused-ring (bicyclic) bond motifs is 1. The number of aromatic amines is 1. The number of nitrogens with one attached hydrogen (secondary N) is 1. The molecule has 0 atom stereocenters. The summed E-state index contributed by atoms with van der Waals surface area (Å²) in [7, 11) is 1.56. The molecule has 3 rings (SSSR count). The maximum absolute atomic E-state index is 12.5. The number of amides is 1. The normalized spacial score (nSPS) is 11.7. The van der Waals surface area contributed by atoms with Crippen molar-refractivity contribution in [2.24, 2.45) is 0 Å². The molecule has 0 spiro atoms. The Hall–Kier alpha value is -2.68. The van der Waals surface area contributed by atoms with Crippen LogP contribution in [0, 0.1) is 6.92 Å². The van der Waals surface area contributed by atoms with Gasteiger partial charge in [0.2, 0.25) is 0 Å². The van der Waals surface area contributed by atoms with Gasteiger partial charge in [-0.2, -0.15) is 17.6 Å². The Labute approximate surface area is 150 Å². The Kier molecular flexibility index (Phi) is 4.57. The highest BCUT2D eigenvalue weighted by molar-refractivity contribution is 7.16. The second-order valence-corrected chi connectivity index (χ2v) is 6.89. The Morgan fingerprint density at radius 3 is 2.58 bits per heavy atom. The fraction of sp³-hybridized carbons (Fsp3) is 0.235. The molecule has 0 unspecified atom stereocenters. The molecule has 0 aliphatic rings. The van der Waals surface area contributed by atoms with Crippen molar-refractivity contribution in [1.82, 2.24) is 9.88 Å². The van der Waals surface area contributed by atoms with Gasteiger partial charge < -0.3 is 4.90 Å². The Balaban J connectivity index is 1.81. The average molecular weight is 382 g/mol. The molecule has 0 aliphatic heterocycles. The fourth-order valence-corrected chi connectivity index (χ4v) is 3.58. The number of Topliss-reactive ketones (excluding diaryl/α,β-unsaturated/α-hetero) is 1. The van der Waals surface area contributed by atoms with Gasteiger partial charge in [-0.25, -0.2) is 4.98 Å². The van der Waals surface area contributed by atoms with Crippen molar-refractivity contribution in [2.75, 3.05) is 7.05 Å². The van der Waals surface area contributed by atoms with E-state index in [1.165, 1.54) is 11.0 Å². The predicted octanol–water partition coefficient (Wildman–Crippen LogP) is 3.14. The van der Waals surface area contributed by atoms with E-state index in [0.717, 1.165) is 23.1 Å². The molecule has 3 aromatic heterocycles. The van der Waals surface area contributed by atoms with E-state index in [2.05, 4.69) is 4.98 Å². The van der Waals surface area contributed by atoms with Crippen molar-refractivity contribution in [2.45, 2.75) is 19.6 Å². The van der Waals surface area contributed by atoms with Gasteiger partial charge in [0.05, 0.1) is 22.5 Å².